The zero-order valence-corrected chi connectivity index (χ0v) is 16.0. The Morgan fingerprint density at radius 2 is 1.33 bits per heavy atom. The molecule has 0 radical (unpaired) electrons. The van der Waals surface area contributed by atoms with Crippen LogP contribution in [0.5, 0.6) is 0 Å². The van der Waals surface area contributed by atoms with Gasteiger partial charge in [-0.3, -0.25) is 4.79 Å². The lowest BCUT2D eigenvalue weighted by atomic mass is 9.73. The highest BCUT2D eigenvalue weighted by atomic mass is 16.5. The van der Waals surface area contributed by atoms with E-state index in [1.165, 1.54) is 64.2 Å². The third kappa shape index (κ3) is 5.23. The molecule has 0 aromatic carbocycles. The number of esters is 1. The molecule has 3 aliphatic rings. The van der Waals surface area contributed by atoms with Crippen LogP contribution in [0.1, 0.15) is 97.3 Å². The maximum Gasteiger partial charge on any atom is 0.308 e. The quantitative estimate of drug-likeness (QED) is 0.565. The summed E-state index contributed by atoms with van der Waals surface area (Å²) in [5.41, 5.74) is 0. The van der Waals surface area contributed by atoms with Gasteiger partial charge in [0.15, 0.2) is 0 Å². The summed E-state index contributed by atoms with van der Waals surface area (Å²) < 4.78 is 5.58. The molecule has 1 aliphatic heterocycles. The summed E-state index contributed by atoms with van der Waals surface area (Å²) in [6, 6.07) is 0. The maximum atomic E-state index is 11.7. The van der Waals surface area contributed by atoms with Gasteiger partial charge >= 0.3 is 5.97 Å². The Bertz CT molecular complexity index is 389. The fourth-order valence-corrected chi connectivity index (χ4v) is 5.31. The van der Waals surface area contributed by atoms with Crippen molar-refractivity contribution in [1.82, 2.24) is 0 Å². The number of rotatable bonds is 5. The van der Waals surface area contributed by atoms with Gasteiger partial charge < -0.3 is 4.74 Å². The normalized spacial score (nSPS) is 41.0. The first-order valence-electron chi connectivity index (χ1n) is 10.8. The molecule has 0 N–H and O–H groups in total. The molecule has 1 heterocycles. The smallest absolute Gasteiger partial charge is 0.308 e. The third-order valence-corrected chi connectivity index (χ3v) is 7.27. The van der Waals surface area contributed by atoms with Crippen LogP contribution in [0.15, 0.2) is 0 Å². The van der Waals surface area contributed by atoms with Crippen molar-refractivity contribution in [3.63, 3.8) is 0 Å². The minimum absolute atomic E-state index is 0.0387. The topological polar surface area (TPSA) is 26.3 Å². The Labute approximate surface area is 149 Å². The van der Waals surface area contributed by atoms with Gasteiger partial charge in [0, 0.05) is 0 Å². The van der Waals surface area contributed by atoms with Gasteiger partial charge in [-0.25, -0.2) is 0 Å². The molecule has 2 nitrogen and oxygen atoms in total. The van der Waals surface area contributed by atoms with Crippen LogP contribution in [0.2, 0.25) is 0 Å². The van der Waals surface area contributed by atoms with Crippen molar-refractivity contribution in [3.05, 3.63) is 0 Å². The van der Waals surface area contributed by atoms with E-state index in [0.29, 0.717) is 0 Å². The second kappa shape index (κ2) is 8.72. The Kier molecular flexibility index (Phi) is 6.63. The number of carbonyl (C=O) groups excluding carboxylic acids is 1. The predicted octanol–water partition coefficient (Wildman–Crippen LogP) is 6.13. The molecule has 138 valence electrons. The monoisotopic (exact) mass is 334 g/mol. The highest BCUT2D eigenvalue weighted by Gasteiger charge is 2.29. The first kappa shape index (κ1) is 18.3. The molecule has 2 aliphatic carbocycles. The first-order valence-corrected chi connectivity index (χ1v) is 10.8. The number of hydrogen-bond donors (Lipinski definition) is 0. The van der Waals surface area contributed by atoms with Crippen LogP contribution < -0.4 is 0 Å². The lowest BCUT2D eigenvalue weighted by Crippen LogP contribution is -2.30. The zero-order chi connectivity index (χ0) is 16.9. The summed E-state index contributed by atoms with van der Waals surface area (Å²) in [6.45, 7) is 4.42. The van der Waals surface area contributed by atoms with Crippen LogP contribution in [0.3, 0.4) is 0 Å². The van der Waals surface area contributed by atoms with Crippen LogP contribution in [-0.2, 0) is 9.53 Å². The SMILES string of the molecule is CC1CCC(CC2CCC(CCC3CCC(C)C(=O)O3)CC2)CC1. The first-order chi connectivity index (χ1) is 11.6. The number of carbonyl (C=O) groups is 1. The molecule has 0 bridgehead atoms. The van der Waals surface area contributed by atoms with Crippen LogP contribution in [0, 0.1) is 29.6 Å². The molecule has 0 spiro atoms. The maximum absolute atomic E-state index is 11.7. The molecule has 0 aromatic rings. The van der Waals surface area contributed by atoms with Gasteiger partial charge in [0.1, 0.15) is 6.10 Å². The number of cyclic esters (lactones) is 1. The van der Waals surface area contributed by atoms with Crippen molar-refractivity contribution in [2.75, 3.05) is 0 Å². The number of ether oxygens (including phenoxy) is 1. The van der Waals surface area contributed by atoms with Crippen LogP contribution >= 0.6 is 0 Å². The summed E-state index contributed by atoms with van der Waals surface area (Å²) in [6.07, 6.45) is 17.9. The highest BCUT2D eigenvalue weighted by molar-refractivity contribution is 5.72. The zero-order valence-electron chi connectivity index (χ0n) is 16.0. The average molecular weight is 335 g/mol. The lowest BCUT2D eigenvalue weighted by Gasteiger charge is -2.34. The van der Waals surface area contributed by atoms with E-state index in [1.807, 2.05) is 6.92 Å². The summed E-state index contributed by atoms with van der Waals surface area (Å²) in [5, 5.41) is 0. The van der Waals surface area contributed by atoms with E-state index < -0.39 is 0 Å². The fourth-order valence-electron chi connectivity index (χ4n) is 5.31. The van der Waals surface area contributed by atoms with E-state index in [0.717, 1.165) is 42.9 Å². The minimum Gasteiger partial charge on any atom is -0.462 e. The van der Waals surface area contributed by atoms with Gasteiger partial charge in [0.25, 0.3) is 0 Å². The highest BCUT2D eigenvalue weighted by Crippen LogP contribution is 2.39. The molecule has 3 fully saturated rings. The molecule has 2 saturated carbocycles. The molecule has 0 amide bonds. The second-order valence-corrected chi connectivity index (χ2v) is 9.36. The Hall–Kier alpha value is -0.530. The van der Waals surface area contributed by atoms with Gasteiger partial charge in [-0.1, -0.05) is 65.2 Å². The van der Waals surface area contributed by atoms with Crippen molar-refractivity contribution < 1.29 is 9.53 Å². The average Bonchev–Trinajstić information content (AvgIpc) is 2.59. The lowest BCUT2D eigenvalue weighted by molar-refractivity contribution is -0.160. The van der Waals surface area contributed by atoms with E-state index in [9.17, 15) is 4.79 Å². The van der Waals surface area contributed by atoms with E-state index in [4.69, 9.17) is 4.74 Å². The van der Waals surface area contributed by atoms with Crippen LogP contribution in [0.25, 0.3) is 0 Å². The van der Waals surface area contributed by atoms with Gasteiger partial charge in [0.05, 0.1) is 5.92 Å². The van der Waals surface area contributed by atoms with E-state index in [2.05, 4.69) is 6.92 Å². The van der Waals surface area contributed by atoms with Crippen molar-refractivity contribution >= 4 is 5.97 Å². The van der Waals surface area contributed by atoms with Crippen molar-refractivity contribution in [2.24, 2.45) is 29.6 Å². The molecule has 3 rings (SSSR count). The molecular formula is C22H38O2. The molecule has 1 saturated heterocycles. The largest absolute Gasteiger partial charge is 0.462 e. The van der Waals surface area contributed by atoms with Crippen molar-refractivity contribution in [3.8, 4) is 0 Å². The summed E-state index contributed by atoms with van der Waals surface area (Å²) >= 11 is 0. The van der Waals surface area contributed by atoms with Crippen molar-refractivity contribution in [2.45, 2.75) is 103 Å². The summed E-state index contributed by atoms with van der Waals surface area (Å²) in [4.78, 5) is 11.7. The van der Waals surface area contributed by atoms with Crippen LogP contribution in [0.4, 0.5) is 0 Å². The van der Waals surface area contributed by atoms with Gasteiger partial charge in [-0.15, -0.1) is 0 Å². The Morgan fingerprint density at radius 1 is 0.750 bits per heavy atom. The number of hydrogen-bond acceptors (Lipinski definition) is 2. The fraction of sp³-hybridized carbons (Fsp3) is 0.955. The predicted molar refractivity (Wildman–Crippen MR) is 98.7 cm³/mol. The van der Waals surface area contributed by atoms with Gasteiger partial charge in [0.2, 0.25) is 0 Å². The van der Waals surface area contributed by atoms with Gasteiger partial charge in [-0.05, 0) is 55.8 Å². The Morgan fingerprint density at radius 3 is 1.96 bits per heavy atom. The van der Waals surface area contributed by atoms with E-state index in [1.54, 1.807) is 0 Å². The molecule has 0 aromatic heterocycles. The standard InChI is InChI=1S/C22H38O2/c1-16-3-6-19(7-4-16)15-20-10-8-18(9-11-20)12-14-21-13-5-17(2)22(23)24-21/h16-21H,3-15H2,1-2H3. The third-order valence-electron chi connectivity index (χ3n) is 7.27. The molecule has 2 atom stereocenters. The second-order valence-electron chi connectivity index (χ2n) is 9.36. The van der Waals surface area contributed by atoms with E-state index >= 15 is 0 Å². The van der Waals surface area contributed by atoms with Crippen molar-refractivity contribution in [1.29, 1.82) is 0 Å². The summed E-state index contributed by atoms with van der Waals surface area (Å²) in [5.74, 6) is 4.08. The summed E-state index contributed by atoms with van der Waals surface area (Å²) in [7, 11) is 0. The van der Waals surface area contributed by atoms with Crippen LogP contribution in [-0.4, -0.2) is 12.1 Å². The minimum atomic E-state index is 0.0387. The molecule has 2 unspecified atom stereocenters. The molecule has 2 heteroatoms. The molecular weight excluding hydrogens is 296 g/mol. The molecule has 24 heavy (non-hydrogen) atoms. The van der Waals surface area contributed by atoms with Gasteiger partial charge in [-0.2, -0.15) is 0 Å². The van der Waals surface area contributed by atoms with E-state index in [-0.39, 0.29) is 18.0 Å². The Balaban J connectivity index is 1.30.